The standard InChI is InChI=1S/C29H31N5O3/c30-34(21-22-11-4-1-5-12-22,25(28(36)37)17-10-18-31-29-32-19-20-33-29)27(35)26(23-13-6-2-7-14-23)24-15-8-3-9-16-24/h1-9,11-16,19-20,25-26H,10,17-18,21,30H2,(H2-,31,32,33,36,37)/p+1/t25-,34+/m0/s1. The Balaban J connectivity index is 1.70. The lowest BCUT2D eigenvalue weighted by Crippen LogP contribution is -2.67. The SMILES string of the molecule is N[N@@+](Cc1ccccc1)(C(=O)C(c1ccccc1)c1ccccc1)[C@@H](CCCNc1ncc[nH]1)C(=O)O. The van der Waals surface area contributed by atoms with Crippen molar-refractivity contribution in [1.29, 1.82) is 0 Å². The summed E-state index contributed by atoms with van der Waals surface area (Å²) in [5.74, 6) is 5.35. The predicted molar refractivity (Wildman–Crippen MR) is 142 cm³/mol. The highest BCUT2D eigenvalue weighted by molar-refractivity contribution is 5.84. The number of hydrogen-bond donors (Lipinski definition) is 4. The second kappa shape index (κ2) is 12.1. The Kier molecular flexibility index (Phi) is 8.45. The Labute approximate surface area is 216 Å². The number of aromatic nitrogens is 2. The van der Waals surface area contributed by atoms with Gasteiger partial charge in [-0.25, -0.2) is 14.6 Å². The third-order valence-corrected chi connectivity index (χ3v) is 6.50. The summed E-state index contributed by atoms with van der Waals surface area (Å²) in [6, 6.07) is 27.0. The minimum Gasteiger partial charge on any atom is -0.477 e. The van der Waals surface area contributed by atoms with E-state index in [1.54, 1.807) is 12.4 Å². The molecule has 0 aliphatic heterocycles. The number of rotatable bonds is 12. The lowest BCUT2D eigenvalue weighted by atomic mass is 9.88. The molecule has 4 aromatic rings. The third-order valence-electron chi connectivity index (χ3n) is 6.50. The van der Waals surface area contributed by atoms with E-state index in [-0.39, 0.29) is 18.9 Å². The number of nitrogens with zero attached hydrogens (tertiary/aromatic N) is 2. The van der Waals surface area contributed by atoms with E-state index < -0.39 is 22.5 Å². The molecular formula is C29H32N5O3+. The van der Waals surface area contributed by atoms with Gasteiger partial charge in [0.25, 0.3) is 0 Å². The van der Waals surface area contributed by atoms with Crippen molar-refractivity contribution in [2.45, 2.75) is 31.3 Å². The molecule has 0 unspecified atom stereocenters. The van der Waals surface area contributed by atoms with Crippen molar-refractivity contribution in [3.63, 3.8) is 0 Å². The minimum atomic E-state index is -1.15. The van der Waals surface area contributed by atoms with E-state index in [1.807, 2.05) is 91.0 Å². The zero-order chi connectivity index (χ0) is 26.1. The number of nitrogens with one attached hydrogen (secondary N) is 2. The normalized spacial score (nSPS) is 13.6. The van der Waals surface area contributed by atoms with Gasteiger partial charge in [0.05, 0.1) is 0 Å². The zero-order valence-electron chi connectivity index (χ0n) is 20.5. The Bertz CT molecular complexity index is 1230. The number of hydrogen-bond acceptors (Lipinski definition) is 5. The van der Waals surface area contributed by atoms with Crippen molar-refractivity contribution in [2.75, 3.05) is 11.9 Å². The molecule has 8 heteroatoms. The van der Waals surface area contributed by atoms with E-state index in [0.717, 1.165) is 16.7 Å². The molecule has 0 radical (unpaired) electrons. The van der Waals surface area contributed by atoms with E-state index in [0.29, 0.717) is 18.9 Å². The summed E-state index contributed by atoms with van der Waals surface area (Å²) in [6.07, 6.45) is 4.03. The van der Waals surface area contributed by atoms with Crippen LogP contribution >= 0.6 is 0 Å². The van der Waals surface area contributed by atoms with Gasteiger partial charge in [-0.2, -0.15) is 10.4 Å². The number of amides is 1. The number of benzene rings is 3. The van der Waals surface area contributed by atoms with Crippen LogP contribution < -0.4 is 11.2 Å². The Morgan fingerprint density at radius 3 is 2.00 bits per heavy atom. The molecule has 190 valence electrons. The number of nitrogens with two attached hydrogens (primary N) is 1. The van der Waals surface area contributed by atoms with Gasteiger partial charge < -0.3 is 15.4 Å². The highest BCUT2D eigenvalue weighted by atomic mass is 16.4. The molecule has 1 amide bonds. The zero-order valence-corrected chi connectivity index (χ0v) is 20.5. The molecule has 3 aromatic carbocycles. The molecule has 0 aliphatic carbocycles. The Hall–Kier alpha value is -4.27. The summed E-state index contributed by atoms with van der Waals surface area (Å²) < 4.78 is -0.755. The third kappa shape index (κ3) is 6.30. The average Bonchev–Trinajstić information content (AvgIpc) is 3.44. The first kappa shape index (κ1) is 25.8. The largest absolute Gasteiger partial charge is 0.477 e. The number of imidazole rings is 1. The molecule has 0 saturated carbocycles. The molecule has 4 rings (SSSR count). The van der Waals surface area contributed by atoms with Crippen LogP contribution in [0.1, 0.15) is 35.4 Å². The van der Waals surface area contributed by atoms with Gasteiger partial charge in [-0.1, -0.05) is 91.0 Å². The first-order valence-electron chi connectivity index (χ1n) is 12.3. The van der Waals surface area contributed by atoms with Gasteiger partial charge in [-0.15, -0.1) is 0 Å². The molecule has 1 aromatic heterocycles. The molecule has 1 heterocycles. The molecular weight excluding hydrogens is 466 g/mol. The number of carboxylic acids is 1. The molecule has 37 heavy (non-hydrogen) atoms. The Morgan fingerprint density at radius 1 is 0.919 bits per heavy atom. The van der Waals surface area contributed by atoms with Crippen LogP contribution in [0.4, 0.5) is 5.95 Å². The van der Waals surface area contributed by atoms with Crippen molar-refractivity contribution in [3.8, 4) is 0 Å². The molecule has 8 nitrogen and oxygen atoms in total. The number of carboxylic acid groups (broad SMARTS) is 1. The Morgan fingerprint density at radius 2 is 1.49 bits per heavy atom. The van der Waals surface area contributed by atoms with Crippen LogP contribution in [0.15, 0.2) is 103 Å². The van der Waals surface area contributed by atoms with Gasteiger partial charge in [0, 0.05) is 30.9 Å². The maximum atomic E-state index is 14.5. The molecule has 0 bridgehead atoms. The summed E-state index contributed by atoms with van der Waals surface area (Å²) in [5.41, 5.74) is 2.32. The highest BCUT2D eigenvalue weighted by Gasteiger charge is 2.49. The summed E-state index contributed by atoms with van der Waals surface area (Å²) in [5, 5.41) is 13.5. The number of carbonyl (C=O) groups excluding carboxylic acids is 1. The van der Waals surface area contributed by atoms with Crippen molar-refractivity contribution in [3.05, 3.63) is 120 Å². The van der Waals surface area contributed by atoms with Gasteiger partial charge in [-0.05, 0) is 17.5 Å². The lowest BCUT2D eigenvalue weighted by Gasteiger charge is -2.38. The van der Waals surface area contributed by atoms with Crippen molar-refractivity contribution in [2.24, 2.45) is 5.84 Å². The first-order valence-corrected chi connectivity index (χ1v) is 12.3. The van der Waals surface area contributed by atoms with Crippen LogP contribution in [-0.4, -0.2) is 44.1 Å². The number of carbonyl (C=O) groups is 2. The summed E-state index contributed by atoms with van der Waals surface area (Å²) in [7, 11) is 0. The number of aromatic amines is 1. The fourth-order valence-electron chi connectivity index (χ4n) is 4.65. The van der Waals surface area contributed by atoms with Gasteiger partial charge >= 0.3 is 11.9 Å². The first-order chi connectivity index (χ1) is 18.0. The van der Waals surface area contributed by atoms with E-state index >= 15 is 0 Å². The molecule has 2 atom stereocenters. The van der Waals surface area contributed by atoms with E-state index in [1.165, 1.54) is 0 Å². The molecule has 0 saturated heterocycles. The molecule has 0 spiro atoms. The average molecular weight is 499 g/mol. The van der Waals surface area contributed by atoms with Crippen LogP contribution in [-0.2, 0) is 16.1 Å². The van der Waals surface area contributed by atoms with Gasteiger partial charge in [0.1, 0.15) is 12.5 Å². The predicted octanol–water partition coefficient (Wildman–Crippen LogP) is 4.30. The number of quaternary nitrogens is 1. The van der Waals surface area contributed by atoms with Crippen LogP contribution in [0.3, 0.4) is 0 Å². The van der Waals surface area contributed by atoms with E-state index in [2.05, 4.69) is 15.3 Å². The maximum absolute atomic E-state index is 14.5. The van der Waals surface area contributed by atoms with E-state index in [9.17, 15) is 14.7 Å². The number of H-pyrrole nitrogens is 1. The van der Waals surface area contributed by atoms with Crippen molar-refractivity contribution in [1.82, 2.24) is 9.97 Å². The lowest BCUT2D eigenvalue weighted by molar-refractivity contribution is -0.896. The van der Waals surface area contributed by atoms with E-state index in [4.69, 9.17) is 5.84 Å². The van der Waals surface area contributed by atoms with Crippen LogP contribution in [0.25, 0.3) is 0 Å². The molecule has 0 fully saturated rings. The fourth-order valence-corrected chi connectivity index (χ4v) is 4.65. The van der Waals surface area contributed by atoms with Crippen LogP contribution in [0.2, 0.25) is 0 Å². The van der Waals surface area contributed by atoms with Crippen molar-refractivity contribution >= 4 is 17.8 Å². The van der Waals surface area contributed by atoms with Gasteiger partial charge in [0.2, 0.25) is 6.04 Å². The van der Waals surface area contributed by atoms with Crippen LogP contribution in [0.5, 0.6) is 0 Å². The quantitative estimate of drug-likeness (QED) is 0.0760. The number of aliphatic carboxylic acids is 1. The molecule has 0 aliphatic rings. The highest BCUT2D eigenvalue weighted by Crippen LogP contribution is 2.32. The van der Waals surface area contributed by atoms with Crippen molar-refractivity contribution < 1.29 is 19.3 Å². The minimum absolute atomic E-state index is 0.0540. The topological polar surface area (TPSA) is 121 Å². The van der Waals surface area contributed by atoms with Gasteiger partial charge in [-0.3, -0.25) is 0 Å². The molecule has 5 N–H and O–H groups in total. The smallest absolute Gasteiger partial charge is 0.364 e. The summed E-state index contributed by atoms with van der Waals surface area (Å²) in [6.45, 7) is 0.538. The van der Waals surface area contributed by atoms with Crippen LogP contribution in [0, 0.1) is 0 Å². The van der Waals surface area contributed by atoms with Gasteiger partial charge in [0.15, 0.2) is 5.95 Å². The fraction of sp³-hybridized carbons (Fsp3) is 0.207. The number of anilines is 1. The monoisotopic (exact) mass is 498 g/mol. The second-order valence-corrected chi connectivity index (χ2v) is 9.03. The summed E-state index contributed by atoms with van der Waals surface area (Å²) in [4.78, 5) is 34.2. The summed E-state index contributed by atoms with van der Waals surface area (Å²) >= 11 is 0. The second-order valence-electron chi connectivity index (χ2n) is 9.03. The maximum Gasteiger partial charge on any atom is 0.364 e.